The normalized spacial score (nSPS) is 10.8. The molecule has 0 saturated carbocycles. The smallest absolute Gasteiger partial charge is 0.322 e. The summed E-state index contributed by atoms with van der Waals surface area (Å²) in [5.41, 5.74) is 2.50. The molecular weight excluding hydrogens is 336 g/mol. The van der Waals surface area contributed by atoms with Crippen LogP contribution in [0.3, 0.4) is 0 Å². The number of aryl methyl sites for hydroxylation is 1. The first-order chi connectivity index (χ1) is 12.5. The van der Waals surface area contributed by atoms with Gasteiger partial charge in [-0.1, -0.05) is 22.8 Å². The zero-order valence-electron chi connectivity index (χ0n) is 13.7. The maximum Gasteiger partial charge on any atom is 0.322 e. The number of carbonyl (C=O) groups is 1. The molecule has 0 spiro atoms. The molecule has 130 valence electrons. The number of amides is 1. The number of non-ortho nitro benzene ring substituents is 1. The van der Waals surface area contributed by atoms with Gasteiger partial charge in [0.05, 0.1) is 4.92 Å². The Balaban J connectivity index is 1.63. The Morgan fingerprint density at radius 3 is 2.46 bits per heavy atom. The van der Waals surface area contributed by atoms with Gasteiger partial charge in [-0.2, -0.15) is 0 Å². The molecule has 0 aliphatic rings. The maximum absolute atomic E-state index is 11.9. The van der Waals surface area contributed by atoms with Crippen molar-refractivity contribution in [2.75, 3.05) is 5.32 Å². The van der Waals surface area contributed by atoms with Crippen molar-refractivity contribution in [3.05, 3.63) is 75.8 Å². The highest BCUT2D eigenvalue weighted by Crippen LogP contribution is 2.20. The van der Waals surface area contributed by atoms with E-state index in [0.29, 0.717) is 11.5 Å². The SMILES string of the molecule is Cc1ccc(-c2nnc(NC(=O)C=Cc3ccc([N+](=O)[O-])cc3)o2)cc1. The van der Waals surface area contributed by atoms with Crippen molar-refractivity contribution in [2.45, 2.75) is 6.92 Å². The fourth-order valence-electron chi connectivity index (χ4n) is 2.11. The van der Waals surface area contributed by atoms with Crippen molar-refractivity contribution in [3.63, 3.8) is 0 Å². The topological polar surface area (TPSA) is 111 Å². The van der Waals surface area contributed by atoms with Gasteiger partial charge in [-0.3, -0.25) is 20.2 Å². The molecule has 2 aromatic carbocycles. The van der Waals surface area contributed by atoms with Crippen LogP contribution < -0.4 is 5.32 Å². The zero-order valence-corrected chi connectivity index (χ0v) is 13.7. The number of carbonyl (C=O) groups excluding carboxylic acids is 1. The van der Waals surface area contributed by atoms with E-state index in [1.165, 1.54) is 24.3 Å². The number of hydrogen-bond acceptors (Lipinski definition) is 6. The van der Waals surface area contributed by atoms with E-state index in [1.54, 1.807) is 12.1 Å². The molecule has 3 rings (SSSR count). The second-order valence-corrected chi connectivity index (χ2v) is 5.45. The van der Waals surface area contributed by atoms with Crippen LogP contribution in [0.25, 0.3) is 17.5 Å². The summed E-state index contributed by atoms with van der Waals surface area (Å²) in [6.45, 7) is 1.97. The first kappa shape index (κ1) is 17.0. The first-order valence-corrected chi connectivity index (χ1v) is 7.65. The Kier molecular flexibility index (Phi) is 4.84. The third-order valence-corrected chi connectivity index (χ3v) is 3.48. The Bertz CT molecular complexity index is 960. The monoisotopic (exact) mass is 350 g/mol. The van der Waals surface area contributed by atoms with E-state index in [1.807, 2.05) is 31.2 Å². The number of benzene rings is 2. The fraction of sp³-hybridized carbons (Fsp3) is 0.0556. The van der Waals surface area contributed by atoms with Crippen LogP contribution in [0.15, 0.2) is 59.0 Å². The summed E-state index contributed by atoms with van der Waals surface area (Å²) < 4.78 is 5.41. The highest BCUT2D eigenvalue weighted by Gasteiger charge is 2.10. The molecule has 0 aliphatic heterocycles. The molecule has 0 saturated heterocycles. The Morgan fingerprint density at radius 2 is 1.81 bits per heavy atom. The molecule has 0 bridgehead atoms. The number of nitro groups is 1. The lowest BCUT2D eigenvalue weighted by Crippen LogP contribution is -2.07. The second-order valence-electron chi connectivity index (χ2n) is 5.45. The minimum absolute atomic E-state index is 0.0129. The van der Waals surface area contributed by atoms with Gasteiger partial charge >= 0.3 is 6.01 Å². The molecule has 26 heavy (non-hydrogen) atoms. The number of rotatable bonds is 5. The molecule has 1 N–H and O–H groups in total. The molecule has 8 heteroatoms. The molecule has 8 nitrogen and oxygen atoms in total. The summed E-state index contributed by atoms with van der Waals surface area (Å²) in [7, 11) is 0. The summed E-state index contributed by atoms with van der Waals surface area (Å²) in [5.74, 6) is -0.151. The lowest BCUT2D eigenvalue weighted by molar-refractivity contribution is -0.384. The molecule has 1 amide bonds. The van der Waals surface area contributed by atoms with Gasteiger partial charge in [-0.15, -0.1) is 5.10 Å². The van der Waals surface area contributed by atoms with Crippen molar-refractivity contribution in [2.24, 2.45) is 0 Å². The van der Waals surface area contributed by atoms with Crippen LogP contribution in [-0.4, -0.2) is 21.0 Å². The minimum Gasteiger partial charge on any atom is -0.403 e. The van der Waals surface area contributed by atoms with Crippen molar-refractivity contribution in [1.29, 1.82) is 0 Å². The Labute approximate surface area is 148 Å². The number of nitrogens with one attached hydrogen (secondary N) is 1. The summed E-state index contributed by atoms with van der Waals surface area (Å²) in [5, 5.41) is 20.7. The van der Waals surface area contributed by atoms with Gasteiger partial charge < -0.3 is 4.42 Å². The number of anilines is 1. The zero-order chi connectivity index (χ0) is 18.5. The third kappa shape index (κ3) is 4.18. The predicted molar refractivity (Wildman–Crippen MR) is 95.2 cm³/mol. The molecule has 0 fully saturated rings. The van der Waals surface area contributed by atoms with E-state index >= 15 is 0 Å². The highest BCUT2D eigenvalue weighted by molar-refractivity contribution is 6.00. The number of hydrogen-bond donors (Lipinski definition) is 1. The number of nitrogens with zero attached hydrogens (tertiary/aromatic N) is 3. The van der Waals surface area contributed by atoms with Crippen LogP contribution in [-0.2, 0) is 4.79 Å². The maximum atomic E-state index is 11.9. The number of aromatic nitrogens is 2. The van der Waals surface area contributed by atoms with E-state index in [9.17, 15) is 14.9 Å². The standard InChI is InChI=1S/C18H14N4O4/c1-12-2-7-14(8-3-12)17-20-21-18(26-17)19-16(23)11-6-13-4-9-15(10-5-13)22(24)25/h2-11H,1H3,(H,19,21,23). The summed E-state index contributed by atoms with van der Waals surface area (Å²) in [6, 6.07) is 13.3. The van der Waals surface area contributed by atoms with Crippen LogP contribution in [0.4, 0.5) is 11.7 Å². The predicted octanol–water partition coefficient (Wildman–Crippen LogP) is 3.61. The Hall–Kier alpha value is -3.81. The summed E-state index contributed by atoms with van der Waals surface area (Å²) >= 11 is 0. The van der Waals surface area contributed by atoms with E-state index in [2.05, 4.69) is 15.5 Å². The molecule has 1 heterocycles. The van der Waals surface area contributed by atoms with Crippen LogP contribution in [0, 0.1) is 17.0 Å². The van der Waals surface area contributed by atoms with E-state index < -0.39 is 10.8 Å². The van der Waals surface area contributed by atoms with Crippen molar-refractivity contribution in [1.82, 2.24) is 10.2 Å². The van der Waals surface area contributed by atoms with Gasteiger partial charge in [-0.05, 0) is 42.8 Å². The van der Waals surface area contributed by atoms with Gasteiger partial charge in [0.15, 0.2) is 0 Å². The van der Waals surface area contributed by atoms with Crippen LogP contribution in [0.5, 0.6) is 0 Å². The van der Waals surface area contributed by atoms with Crippen LogP contribution >= 0.6 is 0 Å². The quantitative estimate of drug-likeness (QED) is 0.427. The third-order valence-electron chi connectivity index (χ3n) is 3.48. The minimum atomic E-state index is -0.485. The molecule has 0 unspecified atom stereocenters. The lowest BCUT2D eigenvalue weighted by atomic mass is 10.1. The van der Waals surface area contributed by atoms with Gasteiger partial charge in [0.25, 0.3) is 11.6 Å². The summed E-state index contributed by atoms with van der Waals surface area (Å²) in [6.07, 6.45) is 2.80. The average molecular weight is 350 g/mol. The van der Waals surface area contributed by atoms with Crippen LogP contribution in [0.1, 0.15) is 11.1 Å². The highest BCUT2D eigenvalue weighted by atomic mass is 16.6. The van der Waals surface area contributed by atoms with Crippen LogP contribution in [0.2, 0.25) is 0 Å². The molecule has 0 radical (unpaired) electrons. The van der Waals surface area contributed by atoms with Crippen molar-refractivity contribution in [3.8, 4) is 11.5 Å². The molecule has 0 aliphatic carbocycles. The Morgan fingerprint density at radius 1 is 1.12 bits per heavy atom. The fourth-order valence-corrected chi connectivity index (χ4v) is 2.11. The number of nitro benzene ring substituents is 1. The van der Waals surface area contributed by atoms with Crippen molar-refractivity contribution < 1.29 is 14.1 Å². The lowest BCUT2D eigenvalue weighted by Gasteiger charge is -1.96. The molecular formula is C18H14N4O4. The van der Waals surface area contributed by atoms with Gasteiger partial charge in [0, 0.05) is 23.8 Å². The van der Waals surface area contributed by atoms with E-state index in [-0.39, 0.29) is 11.7 Å². The second kappa shape index (κ2) is 7.39. The largest absolute Gasteiger partial charge is 0.403 e. The first-order valence-electron chi connectivity index (χ1n) is 7.65. The summed E-state index contributed by atoms with van der Waals surface area (Å²) in [4.78, 5) is 22.0. The molecule has 3 aromatic rings. The van der Waals surface area contributed by atoms with Gasteiger partial charge in [0.2, 0.25) is 5.89 Å². The van der Waals surface area contributed by atoms with Gasteiger partial charge in [-0.25, -0.2) is 0 Å². The van der Waals surface area contributed by atoms with Crippen molar-refractivity contribution >= 4 is 23.7 Å². The molecule has 1 aromatic heterocycles. The van der Waals surface area contributed by atoms with E-state index in [4.69, 9.17) is 4.42 Å². The van der Waals surface area contributed by atoms with E-state index in [0.717, 1.165) is 11.1 Å². The van der Waals surface area contributed by atoms with Gasteiger partial charge in [0.1, 0.15) is 0 Å². The average Bonchev–Trinajstić information content (AvgIpc) is 3.09. The molecule has 0 atom stereocenters.